The van der Waals surface area contributed by atoms with E-state index in [-0.39, 0.29) is 0 Å². The molecule has 0 spiro atoms. The minimum atomic E-state index is 0.407. The largest absolute Gasteiger partial charge is 0.337 e. The van der Waals surface area contributed by atoms with Crippen molar-refractivity contribution in [1.29, 1.82) is 0 Å². The van der Waals surface area contributed by atoms with Gasteiger partial charge in [-0.3, -0.25) is 4.68 Å². The first-order chi connectivity index (χ1) is 9.06. The fourth-order valence-electron chi connectivity index (χ4n) is 1.89. The van der Waals surface area contributed by atoms with Gasteiger partial charge >= 0.3 is 0 Å². The standard InChI is InChI=1S/C11H12ClN7/c1-6-9(12)16-11-13-5-14-19(11)10(6)15-8-4-18(3)17-7(8)2/h4-5,15H,1-3H3. The highest BCUT2D eigenvalue weighted by molar-refractivity contribution is 6.30. The van der Waals surface area contributed by atoms with Crippen molar-refractivity contribution >= 4 is 28.9 Å². The molecular weight excluding hydrogens is 266 g/mol. The van der Waals surface area contributed by atoms with Gasteiger partial charge in [-0.15, -0.1) is 0 Å². The van der Waals surface area contributed by atoms with Gasteiger partial charge in [-0.2, -0.15) is 24.7 Å². The molecule has 0 amide bonds. The average Bonchev–Trinajstić information content (AvgIpc) is 2.92. The van der Waals surface area contributed by atoms with Gasteiger partial charge in [0.15, 0.2) is 0 Å². The first-order valence-corrected chi connectivity index (χ1v) is 6.07. The molecule has 0 fully saturated rings. The van der Waals surface area contributed by atoms with Gasteiger partial charge in [0.1, 0.15) is 17.3 Å². The lowest BCUT2D eigenvalue weighted by Gasteiger charge is -2.10. The fraction of sp³-hybridized carbons (Fsp3) is 0.273. The van der Waals surface area contributed by atoms with E-state index < -0.39 is 0 Å². The molecule has 3 aromatic heterocycles. The Kier molecular flexibility index (Phi) is 2.63. The first-order valence-electron chi connectivity index (χ1n) is 5.69. The summed E-state index contributed by atoms with van der Waals surface area (Å²) in [6.07, 6.45) is 3.34. The van der Waals surface area contributed by atoms with Crippen molar-refractivity contribution in [3.05, 3.63) is 28.9 Å². The Hall–Kier alpha value is -2.15. The number of hydrogen-bond donors (Lipinski definition) is 1. The molecule has 0 radical (unpaired) electrons. The molecule has 0 aliphatic heterocycles. The van der Waals surface area contributed by atoms with Gasteiger partial charge in [0.2, 0.25) is 0 Å². The monoisotopic (exact) mass is 277 g/mol. The van der Waals surface area contributed by atoms with Crippen molar-refractivity contribution in [2.24, 2.45) is 7.05 Å². The Labute approximate surface area is 114 Å². The van der Waals surface area contributed by atoms with E-state index in [1.54, 1.807) is 9.20 Å². The van der Waals surface area contributed by atoms with E-state index in [0.717, 1.165) is 22.8 Å². The summed E-state index contributed by atoms with van der Waals surface area (Å²) in [6.45, 7) is 3.81. The molecule has 0 atom stereocenters. The second-order valence-corrected chi connectivity index (χ2v) is 4.63. The third kappa shape index (κ3) is 1.91. The van der Waals surface area contributed by atoms with Crippen molar-refractivity contribution in [2.45, 2.75) is 13.8 Å². The zero-order valence-electron chi connectivity index (χ0n) is 10.7. The second kappa shape index (κ2) is 4.20. The van der Waals surface area contributed by atoms with Crippen LogP contribution in [0.15, 0.2) is 12.5 Å². The van der Waals surface area contributed by atoms with E-state index in [4.69, 9.17) is 11.6 Å². The average molecular weight is 278 g/mol. The SMILES string of the molecule is Cc1nn(C)cc1Nc1c(C)c(Cl)nc2ncnn12. The predicted octanol–water partition coefficient (Wildman–Crippen LogP) is 1.87. The van der Waals surface area contributed by atoms with Gasteiger partial charge < -0.3 is 5.32 Å². The van der Waals surface area contributed by atoms with Crippen LogP contribution in [0.3, 0.4) is 0 Å². The zero-order valence-corrected chi connectivity index (χ0v) is 11.5. The van der Waals surface area contributed by atoms with E-state index >= 15 is 0 Å². The normalized spacial score (nSPS) is 11.2. The highest BCUT2D eigenvalue weighted by Gasteiger charge is 2.14. The van der Waals surface area contributed by atoms with Crippen LogP contribution in [-0.4, -0.2) is 29.4 Å². The highest BCUT2D eigenvalue weighted by atomic mass is 35.5. The third-order valence-corrected chi connectivity index (χ3v) is 3.24. The Morgan fingerprint density at radius 3 is 2.79 bits per heavy atom. The lowest BCUT2D eigenvalue weighted by Crippen LogP contribution is -2.05. The van der Waals surface area contributed by atoms with Crippen molar-refractivity contribution in [3.8, 4) is 0 Å². The molecule has 0 unspecified atom stereocenters. The van der Waals surface area contributed by atoms with E-state index in [1.165, 1.54) is 6.33 Å². The van der Waals surface area contributed by atoms with Crippen LogP contribution in [0, 0.1) is 13.8 Å². The molecule has 3 rings (SSSR count). The Morgan fingerprint density at radius 2 is 2.11 bits per heavy atom. The van der Waals surface area contributed by atoms with E-state index in [1.807, 2.05) is 27.1 Å². The minimum Gasteiger partial charge on any atom is -0.337 e. The van der Waals surface area contributed by atoms with Crippen LogP contribution < -0.4 is 5.32 Å². The van der Waals surface area contributed by atoms with Gasteiger partial charge in [0.05, 0.1) is 11.4 Å². The highest BCUT2D eigenvalue weighted by Crippen LogP contribution is 2.26. The maximum Gasteiger partial charge on any atom is 0.255 e. The molecular formula is C11H12ClN7. The quantitative estimate of drug-likeness (QED) is 0.724. The van der Waals surface area contributed by atoms with Crippen LogP contribution >= 0.6 is 11.6 Å². The molecule has 3 aromatic rings. The number of halogens is 1. The lowest BCUT2D eigenvalue weighted by atomic mass is 10.3. The summed E-state index contributed by atoms with van der Waals surface area (Å²) < 4.78 is 3.36. The number of nitrogens with zero attached hydrogens (tertiary/aromatic N) is 6. The summed E-state index contributed by atoms with van der Waals surface area (Å²) >= 11 is 6.11. The Bertz CT molecular complexity index is 758. The molecule has 0 aliphatic rings. The van der Waals surface area contributed by atoms with Crippen molar-refractivity contribution in [1.82, 2.24) is 29.4 Å². The molecule has 1 N–H and O–H groups in total. The summed E-state index contributed by atoms with van der Waals surface area (Å²) in [5.41, 5.74) is 2.59. The van der Waals surface area contributed by atoms with Crippen molar-refractivity contribution in [2.75, 3.05) is 5.32 Å². The molecule has 3 heterocycles. The third-order valence-electron chi connectivity index (χ3n) is 2.87. The molecule has 19 heavy (non-hydrogen) atoms. The van der Waals surface area contributed by atoms with Crippen LogP contribution in [0.5, 0.6) is 0 Å². The molecule has 7 nitrogen and oxygen atoms in total. The number of aromatic nitrogens is 6. The van der Waals surface area contributed by atoms with Gasteiger partial charge in [0, 0.05) is 18.8 Å². The fourth-order valence-corrected chi connectivity index (χ4v) is 2.06. The maximum absolute atomic E-state index is 6.11. The number of hydrogen-bond acceptors (Lipinski definition) is 5. The molecule has 0 saturated heterocycles. The zero-order chi connectivity index (χ0) is 13.6. The molecule has 0 aromatic carbocycles. The maximum atomic E-state index is 6.11. The van der Waals surface area contributed by atoms with Crippen molar-refractivity contribution in [3.63, 3.8) is 0 Å². The summed E-state index contributed by atoms with van der Waals surface area (Å²) in [7, 11) is 1.87. The molecule has 8 heteroatoms. The smallest absolute Gasteiger partial charge is 0.255 e. The van der Waals surface area contributed by atoms with Crippen LogP contribution in [0.2, 0.25) is 5.15 Å². The molecule has 0 saturated carbocycles. The second-order valence-electron chi connectivity index (χ2n) is 4.27. The Balaban J connectivity index is 2.16. The number of anilines is 2. The van der Waals surface area contributed by atoms with Crippen LogP contribution in [0.25, 0.3) is 5.78 Å². The van der Waals surface area contributed by atoms with Crippen LogP contribution in [-0.2, 0) is 7.05 Å². The molecule has 0 aliphatic carbocycles. The number of aryl methyl sites for hydroxylation is 2. The first kappa shape index (κ1) is 11.9. The van der Waals surface area contributed by atoms with Gasteiger partial charge in [-0.25, -0.2) is 0 Å². The van der Waals surface area contributed by atoms with Gasteiger partial charge in [-0.1, -0.05) is 11.6 Å². The lowest BCUT2D eigenvalue weighted by molar-refractivity contribution is 0.756. The van der Waals surface area contributed by atoms with E-state index in [0.29, 0.717) is 10.9 Å². The summed E-state index contributed by atoms with van der Waals surface area (Å²) in [6, 6.07) is 0. The summed E-state index contributed by atoms with van der Waals surface area (Å²) in [5, 5.41) is 12.1. The summed E-state index contributed by atoms with van der Waals surface area (Å²) in [5.74, 6) is 1.20. The van der Waals surface area contributed by atoms with Crippen molar-refractivity contribution < 1.29 is 0 Å². The molecule has 98 valence electrons. The summed E-state index contributed by atoms with van der Waals surface area (Å²) in [4.78, 5) is 8.21. The minimum absolute atomic E-state index is 0.407. The number of nitrogens with one attached hydrogen (secondary N) is 1. The number of fused-ring (bicyclic) bond motifs is 1. The topological polar surface area (TPSA) is 72.9 Å². The number of rotatable bonds is 2. The molecule has 0 bridgehead atoms. The van der Waals surface area contributed by atoms with E-state index in [9.17, 15) is 0 Å². The van der Waals surface area contributed by atoms with Gasteiger partial charge in [0.25, 0.3) is 5.78 Å². The van der Waals surface area contributed by atoms with Crippen LogP contribution in [0.1, 0.15) is 11.3 Å². The Morgan fingerprint density at radius 1 is 1.32 bits per heavy atom. The van der Waals surface area contributed by atoms with Crippen LogP contribution in [0.4, 0.5) is 11.5 Å². The van der Waals surface area contributed by atoms with Gasteiger partial charge in [-0.05, 0) is 13.8 Å². The predicted molar refractivity (Wildman–Crippen MR) is 71.8 cm³/mol. The van der Waals surface area contributed by atoms with E-state index in [2.05, 4.69) is 25.5 Å².